The average Bonchev–Trinajstić information content (AvgIpc) is 3.07. The standard InChI is InChI=1S/C17H28N4O.HI/c1-13-15(14(2)22-20-13)11-19-16(18-3)21-10-9-17(12-21)7-5-4-6-8-17;/h4-12H2,1-3H3,(H,18,19);1H. The van der Waals surface area contributed by atoms with Crippen LogP contribution >= 0.6 is 24.0 Å². The third kappa shape index (κ3) is 4.00. The third-order valence-corrected chi connectivity index (χ3v) is 5.47. The van der Waals surface area contributed by atoms with E-state index in [1.165, 1.54) is 38.5 Å². The number of aromatic nitrogens is 1. The molecule has 130 valence electrons. The van der Waals surface area contributed by atoms with Crippen molar-refractivity contribution in [3.05, 3.63) is 17.0 Å². The number of hydrogen-bond acceptors (Lipinski definition) is 3. The van der Waals surface area contributed by atoms with Gasteiger partial charge in [0, 0.05) is 32.2 Å². The zero-order chi connectivity index (χ0) is 15.6. The Morgan fingerprint density at radius 2 is 2.00 bits per heavy atom. The lowest BCUT2D eigenvalue weighted by molar-refractivity contribution is 0.203. The van der Waals surface area contributed by atoms with Crippen LogP contribution in [-0.4, -0.2) is 36.2 Å². The number of aryl methyl sites for hydroxylation is 2. The summed E-state index contributed by atoms with van der Waals surface area (Å²) in [6, 6.07) is 0. The molecule has 2 fully saturated rings. The van der Waals surface area contributed by atoms with Crippen molar-refractivity contribution in [2.24, 2.45) is 10.4 Å². The topological polar surface area (TPSA) is 53.7 Å². The Kier molecular flexibility index (Phi) is 6.33. The van der Waals surface area contributed by atoms with E-state index in [9.17, 15) is 0 Å². The molecular formula is C17H29IN4O. The van der Waals surface area contributed by atoms with Gasteiger partial charge in [-0.3, -0.25) is 4.99 Å². The fraction of sp³-hybridized carbons (Fsp3) is 0.765. The van der Waals surface area contributed by atoms with E-state index in [1.807, 2.05) is 20.9 Å². The monoisotopic (exact) mass is 432 g/mol. The Bertz CT molecular complexity index is 529. The minimum absolute atomic E-state index is 0. The van der Waals surface area contributed by atoms with Gasteiger partial charge in [0.15, 0.2) is 5.96 Å². The number of hydrogen-bond donors (Lipinski definition) is 1. The highest BCUT2D eigenvalue weighted by Gasteiger charge is 2.39. The van der Waals surface area contributed by atoms with Gasteiger partial charge in [-0.15, -0.1) is 24.0 Å². The van der Waals surface area contributed by atoms with E-state index >= 15 is 0 Å². The molecule has 5 nitrogen and oxygen atoms in total. The van der Waals surface area contributed by atoms with Gasteiger partial charge in [0.05, 0.1) is 5.69 Å². The normalized spacial score (nSPS) is 20.7. The van der Waals surface area contributed by atoms with Crippen molar-refractivity contribution < 1.29 is 4.52 Å². The molecule has 3 rings (SSSR count). The molecule has 0 atom stereocenters. The van der Waals surface area contributed by atoms with Gasteiger partial charge in [0.1, 0.15) is 5.76 Å². The molecule has 0 bridgehead atoms. The van der Waals surface area contributed by atoms with Gasteiger partial charge < -0.3 is 14.7 Å². The summed E-state index contributed by atoms with van der Waals surface area (Å²) in [4.78, 5) is 6.92. The minimum atomic E-state index is 0. The molecule has 0 radical (unpaired) electrons. The molecule has 1 N–H and O–H groups in total. The predicted octanol–water partition coefficient (Wildman–Crippen LogP) is 3.64. The molecule has 1 spiro atoms. The molecule has 1 aromatic heterocycles. The van der Waals surface area contributed by atoms with Gasteiger partial charge in [-0.05, 0) is 38.5 Å². The number of nitrogens with zero attached hydrogens (tertiary/aromatic N) is 3. The van der Waals surface area contributed by atoms with Crippen molar-refractivity contribution in [3.63, 3.8) is 0 Å². The van der Waals surface area contributed by atoms with Crippen LogP contribution in [0.2, 0.25) is 0 Å². The lowest BCUT2D eigenvalue weighted by Crippen LogP contribution is -2.41. The SMILES string of the molecule is CN=C(NCc1c(C)noc1C)N1CCC2(CCCCC2)C1.I. The largest absolute Gasteiger partial charge is 0.361 e. The van der Waals surface area contributed by atoms with E-state index in [4.69, 9.17) is 4.52 Å². The number of nitrogens with one attached hydrogen (secondary N) is 1. The maximum absolute atomic E-state index is 5.23. The Morgan fingerprint density at radius 3 is 2.61 bits per heavy atom. The second-order valence-electron chi connectivity index (χ2n) is 6.94. The Morgan fingerprint density at radius 1 is 1.26 bits per heavy atom. The van der Waals surface area contributed by atoms with Crippen LogP contribution in [0, 0.1) is 19.3 Å². The molecule has 6 heteroatoms. The molecular weight excluding hydrogens is 403 g/mol. The van der Waals surface area contributed by atoms with Crippen LogP contribution in [0.5, 0.6) is 0 Å². The smallest absolute Gasteiger partial charge is 0.193 e. The highest BCUT2D eigenvalue weighted by atomic mass is 127. The first-order chi connectivity index (χ1) is 10.6. The Labute approximate surface area is 156 Å². The molecule has 1 aliphatic carbocycles. The summed E-state index contributed by atoms with van der Waals surface area (Å²) >= 11 is 0. The third-order valence-electron chi connectivity index (χ3n) is 5.47. The van der Waals surface area contributed by atoms with Crippen LogP contribution in [0.15, 0.2) is 9.52 Å². The Balaban J connectivity index is 0.00000192. The number of likely N-dealkylation sites (tertiary alicyclic amines) is 1. The van der Waals surface area contributed by atoms with E-state index in [0.717, 1.165) is 42.6 Å². The van der Waals surface area contributed by atoms with Gasteiger partial charge in [-0.2, -0.15) is 0 Å². The summed E-state index contributed by atoms with van der Waals surface area (Å²) in [6.07, 6.45) is 8.33. The van der Waals surface area contributed by atoms with Crippen molar-refractivity contribution in [2.75, 3.05) is 20.1 Å². The summed E-state index contributed by atoms with van der Waals surface area (Å²) in [5.41, 5.74) is 2.66. The van der Waals surface area contributed by atoms with Crippen LogP contribution < -0.4 is 5.32 Å². The van der Waals surface area contributed by atoms with Gasteiger partial charge in [-0.1, -0.05) is 24.4 Å². The van der Waals surface area contributed by atoms with E-state index in [2.05, 4.69) is 20.4 Å². The lowest BCUT2D eigenvalue weighted by Gasteiger charge is -2.33. The fourth-order valence-electron chi connectivity index (χ4n) is 4.08. The summed E-state index contributed by atoms with van der Waals surface area (Å²) < 4.78 is 5.23. The van der Waals surface area contributed by atoms with Crippen molar-refractivity contribution in [2.45, 2.75) is 58.9 Å². The molecule has 1 aromatic rings. The first-order valence-corrected chi connectivity index (χ1v) is 8.51. The molecule has 0 amide bonds. The molecule has 0 unspecified atom stereocenters. The predicted molar refractivity (Wildman–Crippen MR) is 103 cm³/mol. The van der Waals surface area contributed by atoms with Gasteiger partial charge in [0.25, 0.3) is 0 Å². The fourth-order valence-corrected chi connectivity index (χ4v) is 4.08. The van der Waals surface area contributed by atoms with Crippen molar-refractivity contribution in [3.8, 4) is 0 Å². The van der Waals surface area contributed by atoms with E-state index in [0.29, 0.717) is 5.41 Å². The van der Waals surface area contributed by atoms with Crippen molar-refractivity contribution in [1.29, 1.82) is 0 Å². The molecule has 2 aliphatic rings. The first kappa shape index (κ1) is 18.5. The Hall–Kier alpha value is -0.790. The summed E-state index contributed by atoms with van der Waals surface area (Å²) in [5, 5.41) is 7.51. The minimum Gasteiger partial charge on any atom is -0.361 e. The lowest BCUT2D eigenvalue weighted by atomic mass is 9.73. The van der Waals surface area contributed by atoms with Crippen LogP contribution in [0.1, 0.15) is 55.5 Å². The molecule has 1 saturated carbocycles. The second-order valence-corrected chi connectivity index (χ2v) is 6.94. The quantitative estimate of drug-likeness (QED) is 0.441. The van der Waals surface area contributed by atoms with Crippen molar-refractivity contribution >= 4 is 29.9 Å². The van der Waals surface area contributed by atoms with Crippen LogP contribution in [0.3, 0.4) is 0 Å². The average molecular weight is 432 g/mol. The molecule has 23 heavy (non-hydrogen) atoms. The summed E-state index contributed by atoms with van der Waals surface area (Å²) in [7, 11) is 1.88. The molecule has 0 aromatic carbocycles. The zero-order valence-electron chi connectivity index (χ0n) is 14.5. The maximum Gasteiger partial charge on any atom is 0.193 e. The van der Waals surface area contributed by atoms with Crippen LogP contribution in [0.4, 0.5) is 0 Å². The molecule has 2 heterocycles. The van der Waals surface area contributed by atoms with E-state index in [1.54, 1.807) is 0 Å². The van der Waals surface area contributed by atoms with E-state index in [-0.39, 0.29) is 24.0 Å². The van der Waals surface area contributed by atoms with Crippen LogP contribution in [0.25, 0.3) is 0 Å². The summed E-state index contributed by atoms with van der Waals surface area (Å²) in [5.74, 6) is 1.91. The van der Waals surface area contributed by atoms with Crippen molar-refractivity contribution in [1.82, 2.24) is 15.4 Å². The van der Waals surface area contributed by atoms with Gasteiger partial charge in [0.2, 0.25) is 0 Å². The highest BCUT2D eigenvalue weighted by molar-refractivity contribution is 14.0. The van der Waals surface area contributed by atoms with Gasteiger partial charge >= 0.3 is 0 Å². The maximum atomic E-state index is 5.23. The first-order valence-electron chi connectivity index (χ1n) is 8.51. The van der Waals surface area contributed by atoms with Gasteiger partial charge in [-0.25, -0.2) is 0 Å². The zero-order valence-corrected chi connectivity index (χ0v) is 16.9. The number of halogens is 1. The van der Waals surface area contributed by atoms with Crippen LogP contribution in [-0.2, 0) is 6.54 Å². The summed E-state index contributed by atoms with van der Waals surface area (Å²) in [6.45, 7) is 6.97. The number of guanidine groups is 1. The second kappa shape index (κ2) is 7.85. The molecule has 1 saturated heterocycles. The molecule has 1 aliphatic heterocycles. The highest BCUT2D eigenvalue weighted by Crippen LogP contribution is 2.43. The van der Waals surface area contributed by atoms with E-state index < -0.39 is 0 Å². The number of aliphatic imine (C=N–C) groups is 1. The number of rotatable bonds is 2.